The topological polar surface area (TPSA) is 67.1 Å². The number of hydrogen-bond donors (Lipinski definition) is 1. The zero-order valence-electron chi connectivity index (χ0n) is 11.1. The van der Waals surface area contributed by atoms with Gasteiger partial charge in [-0.15, -0.1) is 5.10 Å². The van der Waals surface area contributed by atoms with E-state index in [9.17, 15) is 0 Å². The van der Waals surface area contributed by atoms with E-state index in [2.05, 4.69) is 27.3 Å². The smallest absolute Gasteiger partial charge is 0.170 e. The summed E-state index contributed by atoms with van der Waals surface area (Å²) in [4.78, 5) is 2.21. The molecule has 1 aromatic heterocycles. The fraction of sp³-hybridized carbons (Fsp3) is 0.462. The number of rotatable bonds is 7. The number of nitrogens with zero attached hydrogens (tertiary/aromatic N) is 5. The van der Waals surface area contributed by atoms with Crippen molar-refractivity contribution in [3.05, 3.63) is 36.2 Å². The SMILES string of the molecule is CCN(CCCO)Cc1nnnn1-c1ccccc1. The molecule has 1 N–H and O–H groups in total. The van der Waals surface area contributed by atoms with Crippen molar-refractivity contribution < 1.29 is 5.11 Å². The summed E-state index contributed by atoms with van der Waals surface area (Å²) in [6.07, 6.45) is 0.765. The number of hydrogen-bond acceptors (Lipinski definition) is 5. The van der Waals surface area contributed by atoms with E-state index in [-0.39, 0.29) is 6.61 Å². The summed E-state index contributed by atoms with van der Waals surface area (Å²) in [6, 6.07) is 9.84. The van der Waals surface area contributed by atoms with E-state index in [0.29, 0.717) is 6.54 Å². The van der Waals surface area contributed by atoms with Crippen LogP contribution in [-0.4, -0.2) is 49.9 Å². The maximum Gasteiger partial charge on any atom is 0.170 e. The van der Waals surface area contributed by atoms with Crippen LogP contribution in [0.2, 0.25) is 0 Å². The Morgan fingerprint density at radius 3 is 2.74 bits per heavy atom. The third-order valence-electron chi connectivity index (χ3n) is 2.98. The molecule has 2 aromatic rings. The molecule has 0 bridgehead atoms. The Bertz CT molecular complexity index is 485. The van der Waals surface area contributed by atoms with Crippen LogP contribution in [0.3, 0.4) is 0 Å². The maximum atomic E-state index is 8.90. The van der Waals surface area contributed by atoms with E-state index in [0.717, 1.165) is 31.0 Å². The number of aromatic nitrogens is 4. The second kappa shape index (κ2) is 6.96. The first-order chi connectivity index (χ1) is 9.35. The minimum Gasteiger partial charge on any atom is -0.396 e. The van der Waals surface area contributed by atoms with Crippen LogP contribution in [0, 0.1) is 0 Å². The van der Waals surface area contributed by atoms with Gasteiger partial charge in [-0.2, -0.15) is 4.68 Å². The lowest BCUT2D eigenvalue weighted by atomic mass is 10.3. The molecule has 102 valence electrons. The van der Waals surface area contributed by atoms with Gasteiger partial charge in [-0.25, -0.2) is 0 Å². The van der Waals surface area contributed by atoms with Crippen molar-refractivity contribution in [1.29, 1.82) is 0 Å². The van der Waals surface area contributed by atoms with Gasteiger partial charge in [0.25, 0.3) is 0 Å². The Balaban J connectivity index is 2.11. The quantitative estimate of drug-likeness (QED) is 0.801. The molecule has 0 saturated heterocycles. The fourth-order valence-corrected chi connectivity index (χ4v) is 1.92. The highest BCUT2D eigenvalue weighted by molar-refractivity contribution is 5.30. The molecule has 1 heterocycles. The van der Waals surface area contributed by atoms with Crippen molar-refractivity contribution >= 4 is 0 Å². The maximum absolute atomic E-state index is 8.90. The Hall–Kier alpha value is -1.79. The van der Waals surface area contributed by atoms with Gasteiger partial charge in [0, 0.05) is 13.2 Å². The summed E-state index contributed by atoms with van der Waals surface area (Å²) in [6.45, 7) is 4.73. The zero-order valence-corrected chi connectivity index (χ0v) is 11.1. The highest BCUT2D eigenvalue weighted by Gasteiger charge is 2.11. The van der Waals surface area contributed by atoms with Gasteiger partial charge in [0.15, 0.2) is 5.82 Å². The van der Waals surface area contributed by atoms with Crippen LogP contribution in [0.5, 0.6) is 0 Å². The van der Waals surface area contributed by atoms with Gasteiger partial charge in [0.05, 0.1) is 12.2 Å². The van der Waals surface area contributed by atoms with Gasteiger partial charge in [-0.1, -0.05) is 25.1 Å². The lowest BCUT2D eigenvalue weighted by Crippen LogP contribution is -2.26. The van der Waals surface area contributed by atoms with Crippen molar-refractivity contribution in [2.45, 2.75) is 19.9 Å². The van der Waals surface area contributed by atoms with Crippen molar-refractivity contribution in [3.8, 4) is 5.69 Å². The van der Waals surface area contributed by atoms with Crippen molar-refractivity contribution in [2.75, 3.05) is 19.7 Å². The molecule has 19 heavy (non-hydrogen) atoms. The van der Waals surface area contributed by atoms with E-state index >= 15 is 0 Å². The standard InChI is InChI=1S/C13H19N5O/c1-2-17(9-6-10-19)11-13-14-15-16-18(13)12-7-4-3-5-8-12/h3-5,7-8,19H,2,6,9-11H2,1H3. The zero-order chi connectivity index (χ0) is 13.5. The van der Waals surface area contributed by atoms with E-state index < -0.39 is 0 Å². The molecule has 0 fully saturated rings. The molecule has 0 saturated carbocycles. The normalized spacial score (nSPS) is 11.1. The molecule has 0 radical (unpaired) electrons. The Morgan fingerprint density at radius 1 is 1.26 bits per heavy atom. The van der Waals surface area contributed by atoms with E-state index in [1.54, 1.807) is 4.68 Å². The lowest BCUT2D eigenvalue weighted by molar-refractivity contribution is 0.221. The summed E-state index contributed by atoms with van der Waals surface area (Å²) in [7, 11) is 0. The van der Waals surface area contributed by atoms with Crippen LogP contribution in [0.4, 0.5) is 0 Å². The largest absolute Gasteiger partial charge is 0.396 e. The van der Waals surface area contributed by atoms with Gasteiger partial charge in [-0.3, -0.25) is 4.90 Å². The van der Waals surface area contributed by atoms with Crippen LogP contribution in [-0.2, 0) is 6.54 Å². The molecule has 0 aliphatic heterocycles. The predicted molar refractivity (Wildman–Crippen MR) is 71.8 cm³/mol. The summed E-state index contributed by atoms with van der Waals surface area (Å²) in [5.74, 6) is 0.811. The highest BCUT2D eigenvalue weighted by atomic mass is 16.3. The minimum absolute atomic E-state index is 0.208. The number of aliphatic hydroxyl groups is 1. The number of tetrazole rings is 1. The second-order valence-corrected chi connectivity index (χ2v) is 4.29. The average Bonchev–Trinajstić information content (AvgIpc) is 2.92. The summed E-state index contributed by atoms with van der Waals surface area (Å²) >= 11 is 0. The first-order valence-corrected chi connectivity index (χ1v) is 6.51. The summed E-state index contributed by atoms with van der Waals surface area (Å²) in [5, 5.41) is 20.8. The summed E-state index contributed by atoms with van der Waals surface area (Å²) in [5.41, 5.74) is 0.959. The molecule has 6 heteroatoms. The van der Waals surface area contributed by atoms with Gasteiger partial charge in [-0.05, 0) is 35.5 Å². The Morgan fingerprint density at radius 2 is 2.05 bits per heavy atom. The van der Waals surface area contributed by atoms with Crippen molar-refractivity contribution in [1.82, 2.24) is 25.1 Å². The second-order valence-electron chi connectivity index (χ2n) is 4.29. The van der Waals surface area contributed by atoms with Crippen molar-refractivity contribution in [3.63, 3.8) is 0 Å². The minimum atomic E-state index is 0.208. The lowest BCUT2D eigenvalue weighted by Gasteiger charge is -2.18. The van der Waals surface area contributed by atoms with E-state index in [1.807, 2.05) is 30.3 Å². The monoisotopic (exact) mass is 261 g/mol. The molecule has 2 rings (SSSR count). The molecule has 0 atom stereocenters. The molecular formula is C13H19N5O. The predicted octanol–water partition coefficient (Wildman–Crippen LogP) is 0.867. The third kappa shape index (κ3) is 3.59. The molecule has 0 unspecified atom stereocenters. The highest BCUT2D eigenvalue weighted by Crippen LogP contribution is 2.09. The molecule has 1 aromatic carbocycles. The first kappa shape index (κ1) is 13.6. The summed E-state index contributed by atoms with van der Waals surface area (Å²) < 4.78 is 1.75. The fourth-order valence-electron chi connectivity index (χ4n) is 1.92. The average molecular weight is 261 g/mol. The van der Waals surface area contributed by atoms with Crippen LogP contribution in [0.1, 0.15) is 19.2 Å². The van der Waals surface area contributed by atoms with Gasteiger partial charge in [0.2, 0.25) is 0 Å². The van der Waals surface area contributed by atoms with Crippen LogP contribution in [0.25, 0.3) is 5.69 Å². The number of benzene rings is 1. The number of aliphatic hydroxyl groups excluding tert-OH is 1. The molecule has 0 spiro atoms. The van der Waals surface area contributed by atoms with Gasteiger partial charge < -0.3 is 5.11 Å². The molecule has 0 aliphatic carbocycles. The molecular weight excluding hydrogens is 242 g/mol. The molecule has 6 nitrogen and oxygen atoms in total. The van der Waals surface area contributed by atoms with Gasteiger partial charge >= 0.3 is 0 Å². The van der Waals surface area contributed by atoms with Crippen LogP contribution >= 0.6 is 0 Å². The van der Waals surface area contributed by atoms with Gasteiger partial charge in [0.1, 0.15) is 0 Å². The first-order valence-electron chi connectivity index (χ1n) is 6.51. The molecule has 0 amide bonds. The molecule has 0 aliphatic rings. The Kier molecular flexibility index (Phi) is 5.00. The Labute approximate surface area is 112 Å². The van der Waals surface area contributed by atoms with E-state index in [1.165, 1.54) is 0 Å². The number of para-hydroxylation sites is 1. The van der Waals surface area contributed by atoms with Crippen LogP contribution < -0.4 is 0 Å². The van der Waals surface area contributed by atoms with Crippen molar-refractivity contribution in [2.24, 2.45) is 0 Å². The van der Waals surface area contributed by atoms with Crippen LogP contribution in [0.15, 0.2) is 30.3 Å². The third-order valence-corrected chi connectivity index (χ3v) is 2.98. The van der Waals surface area contributed by atoms with E-state index in [4.69, 9.17) is 5.11 Å².